The molecule has 0 aliphatic carbocycles. The molecular formula is C18H27N3O4. The molecule has 2 rings (SSSR count). The van der Waals surface area contributed by atoms with E-state index >= 15 is 0 Å². The zero-order chi connectivity index (χ0) is 18.1. The molecule has 1 fully saturated rings. The van der Waals surface area contributed by atoms with Crippen molar-refractivity contribution >= 4 is 17.7 Å². The fraction of sp³-hybridized carbons (Fsp3) is 0.556. The molecule has 0 radical (unpaired) electrons. The first-order valence-electron chi connectivity index (χ1n) is 8.80. The van der Waals surface area contributed by atoms with Crippen molar-refractivity contribution in [1.29, 1.82) is 0 Å². The third kappa shape index (κ3) is 5.85. The van der Waals surface area contributed by atoms with Crippen molar-refractivity contribution in [1.82, 2.24) is 9.80 Å². The van der Waals surface area contributed by atoms with E-state index in [4.69, 9.17) is 9.47 Å². The van der Waals surface area contributed by atoms with E-state index in [9.17, 15) is 9.59 Å². The fourth-order valence-electron chi connectivity index (χ4n) is 2.66. The minimum atomic E-state index is -0.299. The number of hydrogen-bond donors (Lipinski definition) is 1. The molecular weight excluding hydrogens is 322 g/mol. The highest BCUT2D eigenvalue weighted by atomic mass is 16.6. The third-order valence-electron chi connectivity index (χ3n) is 3.99. The van der Waals surface area contributed by atoms with Crippen LogP contribution in [0.1, 0.15) is 20.3 Å². The Morgan fingerprint density at radius 2 is 1.64 bits per heavy atom. The molecule has 138 valence electrons. The first-order chi connectivity index (χ1) is 12.1. The summed E-state index contributed by atoms with van der Waals surface area (Å²) in [7, 11) is 0. The predicted molar refractivity (Wildman–Crippen MR) is 95.9 cm³/mol. The van der Waals surface area contributed by atoms with Gasteiger partial charge in [-0.3, -0.25) is 4.79 Å². The molecule has 1 aromatic carbocycles. The van der Waals surface area contributed by atoms with Gasteiger partial charge in [0.1, 0.15) is 5.75 Å². The first-order valence-corrected chi connectivity index (χ1v) is 8.80. The molecule has 0 saturated carbocycles. The summed E-state index contributed by atoms with van der Waals surface area (Å²) in [5.74, 6) is 0.936. The second kappa shape index (κ2) is 9.76. The van der Waals surface area contributed by atoms with E-state index in [0.29, 0.717) is 52.4 Å². The predicted octanol–water partition coefficient (Wildman–Crippen LogP) is 2.19. The minimum Gasteiger partial charge on any atom is -0.494 e. The number of carbonyl (C=O) groups is 2. The molecule has 7 heteroatoms. The largest absolute Gasteiger partial charge is 0.494 e. The van der Waals surface area contributed by atoms with Crippen LogP contribution >= 0.6 is 0 Å². The molecule has 2 amide bonds. The molecule has 25 heavy (non-hydrogen) atoms. The van der Waals surface area contributed by atoms with Crippen LogP contribution < -0.4 is 10.1 Å². The molecule has 0 bridgehead atoms. The normalized spacial score (nSPS) is 14.2. The maximum absolute atomic E-state index is 12.3. The highest BCUT2D eigenvalue weighted by Crippen LogP contribution is 2.15. The van der Waals surface area contributed by atoms with Crippen molar-refractivity contribution in [3.8, 4) is 5.75 Å². The highest BCUT2D eigenvalue weighted by molar-refractivity contribution is 5.77. The number of hydrogen-bond acceptors (Lipinski definition) is 5. The molecule has 1 saturated heterocycles. The number of nitrogens with zero attached hydrogens (tertiary/aromatic N) is 2. The van der Waals surface area contributed by atoms with Gasteiger partial charge in [0.25, 0.3) is 0 Å². The van der Waals surface area contributed by atoms with Crippen LogP contribution in [0, 0.1) is 0 Å². The Bertz CT molecular complexity index is 554. The molecule has 1 aliphatic rings. The van der Waals surface area contributed by atoms with Crippen LogP contribution in [0.25, 0.3) is 0 Å². The Hall–Kier alpha value is -2.44. The number of benzene rings is 1. The Morgan fingerprint density at radius 3 is 2.24 bits per heavy atom. The van der Waals surface area contributed by atoms with Crippen LogP contribution in [0.2, 0.25) is 0 Å². The van der Waals surface area contributed by atoms with Crippen LogP contribution in [0.3, 0.4) is 0 Å². The topological polar surface area (TPSA) is 71.1 Å². The molecule has 0 unspecified atom stereocenters. The lowest BCUT2D eigenvalue weighted by molar-refractivity contribution is -0.132. The van der Waals surface area contributed by atoms with Gasteiger partial charge >= 0.3 is 6.09 Å². The second-order valence-electron chi connectivity index (χ2n) is 5.70. The smallest absolute Gasteiger partial charge is 0.409 e. The number of nitrogens with one attached hydrogen (secondary N) is 1. The van der Waals surface area contributed by atoms with Crippen molar-refractivity contribution in [3.05, 3.63) is 24.3 Å². The minimum absolute atomic E-state index is 0.0990. The lowest BCUT2D eigenvalue weighted by Crippen LogP contribution is -2.50. The molecule has 1 aromatic rings. The van der Waals surface area contributed by atoms with Crippen LogP contribution in [0.5, 0.6) is 5.75 Å². The lowest BCUT2D eigenvalue weighted by atomic mass is 10.2. The van der Waals surface area contributed by atoms with E-state index in [1.54, 1.807) is 16.7 Å². The standard InChI is InChI=1S/C18H27N3O4/c1-3-24-16-7-5-15(6-8-16)19-10-9-17(22)20-11-13-21(14-12-20)18(23)25-4-2/h5-8,19H,3-4,9-14H2,1-2H3. The Morgan fingerprint density at radius 1 is 1.00 bits per heavy atom. The van der Waals surface area contributed by atoms with E-state index in [2.05, 4.69) is 5.32 Å². The van der Waals surface area contributed by atoms with E-state index in [0.717, 1.165) is 11.4 Å². The van der Waals surface area contributed by atoms with E-state index in [-0.39, 0.29) is 12.0 Å². The summed E-state index contributed by atoms with van der Waals surface area (Å²) in [5.41, 5.74) is 0.961. The van der Waals surface area contributed by atoms with E-state index < -0.39 is 0 Å². The van der Waals surface area contributed by atoms with Gasteiger partial charge in [0.2, 0.25) is 5.91 Å². The van der Waals surface area contributed by atoms with E-state index in [1.165, 1.54) is 0 Å². The number of anilines is 1. The lowest BCUT2D eigenvalue weighted by Gasteiger charge is -2.34. The Kier molecular flexibility index (Phi) is 7.37. The number of carbonyl (C=O) groups excluding carboxylic acids is 2. The molecule has 7 nitrogen and oxygen atoms in total. The van der Waals surface area contributed by atoms with Crippen molar-refractivity contribution in [2.75, 3.05) is 51.3 Å². The quantitative estimate of drug-likeness (QED) is 0.817. The monoisotopic (exact) mass is 349 g/mol. The summed E-state index contributed by atoms with van der Waals surface area (Å²) in [6.45, 7) is 7.49. The number of amides is 2. The Labute approximate surface area is 148 Å². The van der Waals surface area contributed by atoms with Gasteiger partial charge in [-0.2, -0.15) is 0 Å². The Balaban J connectivity index is 1.68. The molecule has 0 spiro atoms. The van der Waals surface area contributed by atoms with Gasteiger partial charge in [-0.1, -0.05) is 0 Å². The molecule has 0 aromatic heterocycles. The van der Waals surface area contributed by atoms with Crippen LogP contribution in [0.15, 0.2) is 24.3 Å². The maximum atomic E-state index is 12.3. The summed E-state index contributed by atoms with van der Waals surface area (Å²) >= 11 is 0. The first kappa shape index (κ1) is 18.9. The average molecular weight is 349 g/mol. The highest BCUT2D eigenvalue weighted by Gasteiger charge is 2.24. The number of piperazine rings is 1. The van der Waals surface area contributed by atoms with Crippen molar-refractivity contribution in [2.24, 2.45) is 0 Å². The molecule has 0 atom stereocenters. The van der Waals surface area contributed by atoms with Gasteiger partial charge in [-0.05, 0) is 38.1 Å². The average Bonchev–Trinajstić information content (AvgIpc) is 2.63. The van der Waals surface area contributed by atoms with Gasteiger partial charge in [0, 0.05) is 44.8 Å². The van der Waals surface area contributed by atoms with Crippen LogP contribution in [0.4, 0.5) is 10.5 Å². The summed E-state index contributed by atoms with van der Waals surface area (Å²) in [6.07, 6.45) is 0.124. The molecule has 1 N–H and O–H groups in total. The summed E-state index contributed by atoms with van der Waals surface area (Å²) < 4.78 is 10.4. The zero-order valence-electron chi connectivity index (χ0n) is 15.0. The SMILES string of the molecule is CCOC(=O)N1CCN(C(=O)CCNc2ccc(OCC)cc2)CC1. The number of rotatable bonds is 7. The fourth-order valence-corrected chi connectivity index (χ4v) is 2.66. The van der Waals surface area contributed by atoms with Gasteiger partial charge in [0.05, 0.1) is 13.2 Å². The van der Waals surface area contributed by atoms with Gasteiger partial charge in [-0.25, -0.2) is 4.79 Å². The third-order valence-corrected chi connectivity index (χ3v) is 3.99. The van der Waals surface area contributed by atoms with Gasteiger partial charge in [-0.15, -0.1) is 0 Å². The van der Waals surface area contributed by atoms with Crippen molar-refractivity contribution in [3.63, 3.8) is 0 Å². The summed E-state index contributed by atoms with van der Waals surface area (Å²) in [6, 6.07) is 7.69. The van der Waals surface area contributed by atoms with Crippen molar-refractivity contribution in [2.45, 2.75) is 20.3 Å². The maximum Gasteiger partial charge on any atom is 0.409 e. The van der Waals surface area contributed by atoms with Gasteiger partial charge < -0.3 is 24.6 Å². The van der Waals surface area contributed by atoms with Crippen LogP contribution in [-0.2, 0) is 9.53 Å². The van der Waals surface area contributed by atoms with Crippen LogP contribution in [-0.4, -0.2) is 67.7 Å². The van der Waals surface area contributed by atoms with Crippen molar-refractivity contribution < 1.29 is 19.1 Å². The summed E-state index contributed by atoms with van der Waals surface area (Å²) in [5, 5.41) is 3.24. The second-order valence-corrected chi connectivity index (χ2v) is 5.70. The number of ether oxygens (including phenoxy) is 2. The van der Waals surface area contributed by atoms with Gasteiger partial charge in [0.15, 0.2) is 0 Å². The molecule has 1 heterocycles. The molecule has 1 aliphatic heterocycles. The summed E-state index contributed by atoms with van der Waals surface area (Å²) in [4.78, 5) is 27.4. The zero-order valence-corrected chi connectivity index (χ0v) is 15.0. The van der Waals surface area contributed by atoms with E-state index in [1.807, 2.05) is 31.2 Å².